The summed E-state index contributed by atoms with van der Waals surface area (Å²) in [6, 6.07) is 5.78. The van der Waals surface area contributed by atoms with Gasteiger partial charge in [-0.05, 0) is 49.5 Å². The van der Waals surface area contributed by atoms with Gasteiger partial charge in [0.1, 0.15) is 5.75 Å². The second-order valence-electron chi connectivity index (χ2n) is 4.90. The van der Waals surface area contributed by atoms with Gasteiger partial charge in [-0.25, -0.2) is 0 Å². The van der Waals surface area contributed by atoms with Gasteiger partial charge in [-0.3, -0.25) is 0 Å². The molecule has 2 rings (SSSR count). The molecule has 0 bridgehead atoms. The Kier molecular flexibility index (Phi) is 5.25. The van der Waals surface area contributed by atoms with E-state index in [-0.39, 0.29) is 5.75 Å². The molecular formula is C14H18F3NO2. The Balaban J connectivity index is 1.73. The molecule has 0 aromatic heterocycles. The van der Waals surface area contributed by atoms with Gasteiger partial charge >= 0.3 is 6.36 Å². The topological polar surface area (TPSA) is 30.5 Å². The number of hydrogen-bond donors (Lipinski definition) is 1. The molecule has 1 heterocycles. The highest BCUT2D eigenvalue weighted by molar-refractivity contribution is 5.27. The molecule has 0 radical (unpaired) electrons. The van der Waals surface area contributed by atoms with Crippen molar-refractivity contribution in [1.29, 1.82) is 0 Å². The molecular weight excluding hydrogens is 271 g/mol. The monoisotopic (exact) mass is 289 g/mol. The molecule has 1 aliphatic rings. The minimum atomic E-state index is -4.65. The Morgan fingerprint density at radius 3 is 2.35 bits per heavy atom. The first-order chi connectivity index (χ1) is 9.53. The zero-order valence-electron chi connectivity index (χ0n) is 11.1. The molecule has 0 atom stereocenters. The number of halogens is 3. The summed E-state index contributed by atoms with van der Waals surface area (Å²) in [5, 5.41) is 3.29. The van der Waals surface area contributed by atoms with Crippen molar-refractivity contribution in [3.8, 4) is 5.75 Å². The van der Waals surface area contributed by atoms with Crippen molar-refractivity contribution in [1.82, 2.24) is 5.32 Å². The molecule has 1 fully saturated rings. The first kappa shape index (κ1) is 15.1. The molecule has 1 aromatic rings. The Hall–Kier alpha value is -1.27. The van der Waals surface area contributed by atoms with Gasteiger partial charge in [-0.2, -0.15) is 0 Å². The third-order valence-electron chi connectivity index (χ3n) is 3.24. The fourth-order valence-electron chi connectivity index (χ4n) is 2.18. The van der Waals surface area contributed by atoms with Crippen LogP contribution in [0.25, 0.3) is 0 Å². The van der Waals surface area contributed by atoms with Crippen LogP contribution in [0.3, 0.4) is 0 Å². The number of benzene rings is 1. The van der Waals surface area contributed by atoms with Crippen LogP contribution in [0.15, 0.2) is 24.3 Å². The third kappa shape index (κ3) is 5.38. The molecule has 1 aromatic carbocycles. The molecule has 112 valence electrons. The molecule has 6 heteroatoms. The van der Waals surface area contributed by atoms with Crippen LogP contribution in [0, 0.1) is 5.92 Å². The highest BCUT2D eigenvalue weighted by Gasteiger charge is 2.30. The zero-order chi connectivity index (χ0) is 14.4. The van der Waals surface area contributed by atoms with Crippen molar-refractivity contribution >= 4 is 0 Å². The van der Waals surface area contributed by atoms with E-state index in [9.17, 15) is 13.2 Å². The first-order valence-electron chi connectivity index (χ1n) is 6.66. The Labute approximate surface area is 116 Å². The average Bonchev–Trinajstić information content (AvgIpc) is 2.40. The highest BCUT2D eigenvalue weighted by atomic mass is 19.4. The maximum atomic E-state index is 12.0. The van der Waals surface area contributed by atoms with Gasteiger partial charge in [0.2, 0.25) is 0 Å². The van der Waals surface area contributed by atoms with E-state index in [0.717, 1.165) is 31.5 Å². The molecule has 0 amide bonds. The SMILES string of the molecule is FC(F)(F)Oc1ccc(COCC2CCNCC2)cc1. The van der Waals surface area contributed by atoms with Crippen LogP contribution in [-0.4, -0.2) is 26.1 Å². The fraction of sp³-hybridized carbons (Fsp3) is 0.571. The van der Waals surface area contributed by atoms with E-state index in [4.69, 9.17) is 4.74 Å². The van der Waals surface area contributed by atoms with Gasteiger partial charge in [0.15, 0.2) is 0 Å². The predicted molar refractivity (Wildman–Crippen MR) is 68.4 cm³/mol. The maximum absolute atomic E-state index is 12.0. The second kappa shape index (κ2) is 6.95. The normalized spacial score (nSPS) is 17.1. The van der Waals surface area contributed by atoms with Crippen LogP contribution >= 0.6 is 0 Å². The Bertz CT molecular complexity index is 400. The van der Waals surface area contributed by atoms with Crippen molar-refractivity contribution in [3.63, 3.8) is 0 Å². The van der Waals surface area contributed by atoms with Gasteiger partial charge in [0, 0.05) is 6.61 Å². The predicted octanol–water partition coefficient (Wildman–Crippen LogP) is 3.10. The summed E-state index contributed by atoms with van der Waals surface area (Å²) in [6.45, 7) is 3.16. The molecule has 0 spiro atoms. The Morgan fingerprint density at radius 1 is 1.10 bits per heavy atom. The molecule has 0 aliphatic carbocycles. The smallest absolute Gasteiger partial charge is 0.406 e. The summed E-state index contributed by atoms with van der Waals surface area (Å²) >= 11 is 0. The average molecular weight is 289 g/mol. The van der Waals surface area contributed by atoms with Gasteiger partial charge < -0.3 is 14.8 Å². The lowest BCUT2D eigenvalue weighted by atomic mass is 9.99. The van der Waals surface area contributed by atoms with Crippen molar-refractivity contribution in [2.24, 2.45) is 5.92 Å². The number of piperidine rings is 1. The quantitative estimate of drug-likeness (QED) is 0.903. The summed E-state index contributed by atoms with van der Waals surface area (Å²) in [5.74, 6) is 0.365. The van der Waals surface area contributed by atoms with Gasteiger partial charge in [0.25, 0.3) is 0 Å². The van der Waals surface area contributed by atoms with Crippen LogP contribution in [0.4, 0.5) is 13.2 Å². The molecule has 1 saturated heterocycles. The third-order valence-corrected chi connectivity index (χ3v) is 3.24. The second-order valence-corrected chi connectivity index (χ2v) is 4.90. The van der Waals surface area contributed by atoms with Crippen molar-refractivity contribution in [2.45, 2.75) is 25.8 Å². The lowest BCUT2D eigenvalue weighted by molar-refractivity contribution is -0.274. The summed E-state index contributed by atoms with van der Waals surface area (Å²) in [7, 11) is 0. The summed E-state index contributed by atoms with van der Waals surface area (Å²) in [5.41, 5.74) is 0.841. The zero-order valence-corrected chi connectivity index (χ0v) is 11.1. The van der Waals surface area contributed by atoms with Crippen molar-refractivity contribution in [2.75, 3.05) is 19.7 Å². The van der Waals surface area contributed by atoms with E-state index >= 15 is 0 Å². The molecule has 3 nitrogen and oxygen atoms in total. The number of ether oxygens (including phenoxy) is 2. The standard InChI is InChI=1S/C14H18F3NO2/c15-14(16,17)20-13-3-1-11(2-4-13)9-19-10-12-5-7-18-8-6-12/h1-4,12,18H,5-10H2. The lowest BCUT2D eigenvalue weighted by Crippen LogP contribution is -2.29. The van der Waals surface area contributed by atoms with E-state index in [2.05, 4.69) is 10.1 Å². The van der Waals surface area contributed by atoms with Crippen LogP contribution < -0.4 is 10.1 Å². The van der Waals surface area contributed by atoms with E-state index in [1.165, 1.54) is 12.1 Å². The van der Waals surface area contributed by atoms with E-state index in [1.807, 2.05) is 0 Å². The molecule has 20 heavy (non-hydrogen) atoms. The molecule has 1 aliphatic heterocycles. The highest BCUT2D eigenvalue weighted by Crippen LogP contribution is 2.23. The minimum Gasteiger partial charge on any atom is -0.406 e. The summed E-state index contributed by atoms with van der Waals surface area (Å²) in [4.78, 5) is 0. The van der Waals surface area contributed by atoms with Crippen LogP contribution in [0.5, 0.6) is 5.75 Å². The van der Waals surface area contributed by atoms with Crippen LogP contribution in [0.2, 0.25) is 0 Å². The number of rotatable bonds is 5. The number of alkyl halides is 3. The minimum absolute atomic E-state index is 0.209. The molecule has 0 unspecified atom stereocenters. The number of nitrogens with one attached hydrogen (secondary N) is 1. The van der Waals surface area contributed by atoms with Gasteiger partial charge in [-0.1, -0.05) is 12.1 Å². The van der Waals surface area contributed by atoms with Crippen molar-refractivity contribution in [3.05, 3.63) is 29.8 Å². The fourth-order valence-corrected chi connectivity index (χ4v) is 2.18. The van der Waals surface area contributed by atoms with E-state index in [1.54, 1.807) is 12.1 Å². The Morgan fingerprint density at radius 2 is 1.75 bits per heavy atom. The lowest BCUT2D eigenvalue weighted by Gasteiger charge is -2.22. The molecule has 0 saturated carbocycles. The summed E-state index contributed by atoms with van der Waals surface area (Å²) < 4.78 is 45.4. The van der Waals surface area contributed by atoms with Gasteiger partial charge in [-0.15, -0.1) is 13.2 Å². The van der Waals surface area contributed by atoms with E-state index < -0.39 is 6.36 Å². The van der Waals surface area contributed by atoms with Gasteiger partial charge in [0.05, 0.1) is 6.61 Å². The van der Waals surface area contributed by atoms with Crippen molar-refractivity contribution < 1.29 is 22.6 Å². The molecule has 1 N–H and O–H groups in total. The van der Waals surface area contributed by atoms with Crippen LogP contribution in [0.1, 0.15) is 18.4 Å². The maximum Gasteiger partial charge on any atom is 0.573 e. The first-order valence-corrected chi connectivity index (χ1v) is 6.66. The summed E-state index contributed by atoms with van der Waals surface area (Å²) in [6.07, 6.45) is -2.43. The largest absolute Gasteiger partial charge is 0.573 e. The number of hydrogen-bond acceptors (Lipinski definition) is 3. The van der Waals surface area contributed by atoms with E-state index in [0.29, 0.717) is 19.1 Å². The van der Waals surface area contributed by atoms with Crippen LogP contribution in [-0.2, 0) is 11.3 Å².